The highest BCUT2D eigenvalue weighted by atomic mass is 19.2. The number of carboxylic acid groups (broad SMARTS) is 1. The third-order valence-electron chi connectivity index (χ3n) is 3.70. The van der Waals surface area contributed by atoms with Crippen molar-refractivity contribution in [3.8, 4) is 0 Å². The van der Waals surface area contributed by atoms with Crippen LogP contribution in [-0.2, 0) is 4.79 Å². The van der Waals surface area contributed by atoms with Crippen molar-refractivity contribution >= 4 is 17.6 Å². The van der Waals surface area contributed by atoms with Gasteiger partial charge in [-0.2, -0.15) is 0 Å². The van der Waals surface area contributed by atoms with Crippen LogP contribution >= 0.6 is 0 Å². The number of anilines is 1. The van der Waals surface area contributed by atoms with Crippen LogP contribution in [-0.4, -0.2) is 23.0 Å². The number of carbonyl (C=O) groups is 2. The number of nitrogens with two attached hydrogens (primary N) is 1. The van der Waals surface area contributed by atoms with Gasteiger partial charge in [-0.25, -0.2) is 13.6 Å². The second kappa shape index (κ2) is 6.17. The monoisotopic (exact) mass is 298 g/mol. The maximum Gasteiger partial charge on any atom is 0.337 e. The van der Waals surface area contributed by atoms with Crippen LogP contribution in [0.4, 0.5) is 14.5 Å². The predicted molar refractivity (Wildman–Crippen MR) is 71.9 cm³/mol. The number of benzene rings is 1. The fourth-order valence-corrected chi connectivity index (χ4v) is 2.54. The quantitative estimate of drug-likeness (QED) is 0.797. The van der Waals surface area contributed by atoms with Gasteiger partial charge in [0.1, 0.15) is 0 Å². The number of nitrogens with one attached hydrogen (secondary N) is 1. The number of carboxylic acids is 1. The van der Waals surface area contributed by atoms with Crippen molar-refractivity contribution in [1.82, 2.24) is 0 Å². The highest BCUT2D eigenvalue weighted by molar-refractivity contribution is 6.01. The summed E-state index contributed by atoms with van der Waals surface area (Å²) in [5, 5.41) is 11.3. The molecule has 1 aliphatic carbocycles. The van der Waals surface area contributed by atoms with Gasteiger partial charge in [0.05, 0.1) is 17.2 Å². The molecule has 4 N–H and O–H groups in total. The first-order valence-electron chi connectivity index (χ1n) is 6.69. The molecule has 7 heteroatoms. The lowest BCUT2D eigenvalue weighted by atomic mass is 9.84. The van der Waals surface area contributed by atoms with Gasteiger partial charge >= 0.3 is 5.97 Å². The van der Waals surface area contributed by atoms with E-state index in [1.165, 1.54) is 0 Å². The summed E-state index contributed by atoms with van der Waals surface area (Å²) in [6.07, 6.45) is 3.10. The number of carbonyl (C=O) groups excluding carboxylic acids is 1. The predicted octanol–water partition coefficient (Wildman–Crippen LogP) is 2.12. The Morgan fingerprint density at radius 3 is 2.43 bits per heavy atom. The van der Waals surface area contributed by atoms with E-state index in [9.17, 15) is 18.4 Å². The molecular weight excluding hydrogens is 282 g/mol. The third kappa shape index (κ3) is 3.36. The number of hydrogen-bond donors (Lipinski definition) is 3. The Morgan fingerprint density at radius 1 is 1.19 bits per heavy atom. The molecule has 2 unspecified atom stereocenters. The molecular formula is C14H16F2N2O3. The van der Waals surface area contributed by atoms with Gasteiger partial charge in [-0.05, 0) is 18.9 Å². The van der Waals surface area contributed by atoms with Gasteiger partial charge in [-0.3, -0.25) is 4.79 Å². The molecule has 0 aromatic heterocycles. The number of halogens is 2. The molecule has 0 radical (unpaired) electrons. The molecule has 2 rings (SSSR count). The van der Waals surface area contributed by atoms with Gasteiger partial charge in [0.2, 0.25) is 5.91 Å². The Balaban J connectivity index is 2.24. The van der Waals surface area contributed by atoms with E-state index in [0.29, 0.717) is 25.0 Å². The Bertz CT molecular complexity index is 578. The van der Waals surface area contributed by atoms with Crippen LogP contribution in [0, 0.1) is 17.6 Å². The van der Waals surface area contributed by atoms with E-state index in [0.717, 1.165) is 12.8 Å². The van der Waals surface area contributed by atoms with Crippen molar-refractivity contribution in [2.75, 3.05) is 5.32 Å². The minimum atomic E-state index is -1.45. The average Bonchev–Trinajstić information content (AvgIpc) is 2.42. The number of rotatable bonds is 3. The van der Waals surface area contributed by atoms with E-state index in [4.69, 9.17) is 10.8 Å². The zero-order valence-electron chi connectivity index (χ0n) is 11.2. The summed E-state index contributed by atoms with van der Waals surface area (Å²) in [7, 11) is 0. The fourth-order valence-electron chi connectivity index (χ4n) is 2.54. The third-order valence-corrected chi connectivity index (χ3v) is 3.70. The van der Waals surface area contributed by atoms with Gasteiger partial charge in [0, 0.05) is 12.1 Å². The molecule has 0 heterocycles. The Morgan fingerprint density at radius 2 is 1.81 bits per heavy atom. The van der Waals surface area contributed by atoms with Crippen LogP contribution in [0.25, 0.3) is 0 Å². The first kappa shape index (κ1) is 15.4. The van der Waals surface area contributed by atoms with Crippen molar-refractivity contribution in [2.24, 2.45) is 11.7 Å². The van der Waals surface area contributed by atoms with Crippen LogP contribution in [0.5, 0.6) is 0 Å². The maximum atomic E-state index is 13.2. The van der Waals surface area contributed by atoms with Gasteiger partial charge in [-0.1, -0.05) is 12.8 Å². The molecule has 0 aliphatic heterocycles. The summed E-state index contributed by atoms with van der Waals surface area (Å²) in [4.78, 5) is 23.2. The van der Waals surface area contributed by atoms with Crippen molar-refractivity contribution in [3.05, 3.63) is 29.3 Å². The molecule has 0 saturated heterocycles. The molecule has 5 nitrogen and oxygen atoms in total. The zero-order valence-corrected chi connectivity index (χ0v) is 11.2. The Labute approximate surface area is 120 Å². The minimum absolute atomic E-state index is 0.260. The zero-order chi connectivity index (χ0) is 15.6. The van der Waals surface area contributed by atoms with Crippen LogP contribution in [0.3, 0.4) is 0 Å². The molecule has 21 heavy (non-hydrogen) atoms. The summed E-state index contributed by atoms with van der Waals surface area (Å²) in [5.74, 6) is -4.86. The van der Waals surface area contributed by atoms with Crippen molar-refractivity contribution in [3.63, 3.8) is 0 Å². The molecule has 1 aromatic rings. The molecule has 1 aromatic carbocycles. The summed E-state index contributed by atoms with van der Waals surface area (Å²) in [5.41, 5.74) is 5.12. The lowest BCUT2D eigenvalue weighted by molar-refractivity contribution is -0.121. The standard InChI is InChI=1S/C14H16F2N2O3/c15-9-5-8(14(20)21)12(6-10(9)16)18-13(19)7-3-1-2-4-11(7)17/h5-7,11H,1-4,17H2,(H,18,19)(H,20,21). The smallest absolute Gasteiger partial charge is 0.337 e. The lowest BCUT2D eigenvalue weighted by Gasteiger charge is -2.27. The number of hydrogen-bond acceptors (Lipinski definition) is 3. The van der Waals surface area contributed by atoms with Crippen LogP contribution in [0.15, 0.2) is 12.1 Å². The molecule has 1 aliphatic rings. The molecule has 1 saturated carbocycles. The first-order valence-corrected chi connectivity index (χ1v) is 6.69. The first-order chi connectivity index (χ1) is 9.90. The van der Waals surface area contributed by atoms with Gasteiger partial charge < -0.3 is 16.2 Å². The minimum Gasteiger partial charge on any atom is -0.478 e. The van der Waals surface area contributed by atoms with E-state index in [1.807, 2.05) is 0 Å². The van der Waals surface area contributed by atoms with Gasteiger partial charge in [0.15, 0.2) is 11.6 Å². The van der Waals surface area contributed by atoms with Crippen molar-refractivity contribution < 1.29 is 23.5 Å². The van der Waals surface area contributed by atoms with Gasteiger partial charge in [-0.15, -0.1) is 0 Å². The molecule has 1 amide bonds. The van der Waals surface area contributed by atoms with E-state index in [-0.39, 0.29) is 11.7 Å². The summed E-state index contributed by atoms with van der Waals surface area (Å²) < 4.78 is 26.4. The van der Waals surface area contributed by atoms with E-state index < -0.39 is 35.0 Å². The van der Waals surface area contributed by atoms with E-state index in [1.54, 1.807) is 0 Å². The topological polar surface area (TPSA) is 92.4 Å². The molecule has 1 fully saturated rings. The van der Waals surface area contributed by atoms with Crippen LogP contribution in [0.2, 0.25) is 0 Å². The molecule has 0 bridgehead atoms. The lowest BCUT2D eigenvalue weighted by Crippen LogP contribution is -2.40. The molecule has 2 atom stereocenters. The highest BCUT2D eigenvalue weighted by Gasteiger charge is 2.29. The van der Waals surface area contributed by atoms with E-state index in [2.05, 4.69) is 5.32 Å². The van der Waals surface area contributed by atoms with Crippen LogP contribution in [0.1, 0.15) is 36.0 Å². The Kier molecular flexibility index (Phi) is 4.52. The molecule has 114 valence electrons. The number of amides is 1. The second-order valence-corrected chi connectivity index (χ2v) is 5.16. The Hall–Kier alpha value is -2.02. The highest BCUT2D eigenvalue weighted by Crippen LogP contribution is 2.26. The normalized spacial score (nSPS) is 21.9. The van der Waals surface area contributed by atoms with E-state index >= 15 is 0 Å². The van der Waals surface area contributed by atoms with Crippen molar-refractivity contribution in [2.45, 2.75) is 31.7 Å². The fraction of sp³-hybridized carbons (Fsp3) is 0.429. The summed E-state index contributed by atoms with van der Waals surface area (Å²) in [6, 6.07) is 0.913. The van der Waals surface area contributed by atoms with Crippen molar-refractivity contribution in [1.29, 1.82) is 0 Å². The van der Waals surface area contributed by atoms with Crippen LogP contribution < -0.4 is 11.1 Å². The second-order valence-electron chi connectivity index (χ2n) is 5.16. The summed E-state index contributed by atoms with van der Waals surface area (Å²) in [6.45, 7) is 0. The largest absolute Gasteiger partial charge is 0.478 e. The SMILES string of the molecule is NC1CCCCC1C(=O)Nc1cc(F)c(F)cc1C(=O)O. The average molecular weight is 298 g/mol. The molecule has 0 spiro atoms. The number of aromatic carboxylic acids is 1. The maximum absolute atomic E-state index is 13.2. The van der Waals surface area contributed by atoms with Gasteiger partial charge in [0.25, 0.3) is 0 Å². The summed E-state index contributed by atoms with van der Waals surface area (Å²) >= 11 is 0.